The summed E-state index contributed by atoms with van der Waals surface area (Å²) < 4.78 is 0. The Morgan fingerprint density at radius 3 is 2.30 bits per heavy atom. The first-order valence-electron chi connectivity index (χ1n) is 11.6. The second-order valence-corrected chi connectivity index (χ2v) is 8.52. The van der Waals surface area contributed by atoms with Gasteiger partial charge in [0.25, 0.3) is 0 Å². The third-order valence-corrected chi connectivity index (χ3v) is 6.66. The molecule has 2 aromatic heterocycles. The molecule has 0 unspecified atom stereocenters. The van der Waals surface area contributed by atoms with E-state index in [1.807, 2.05) is 49.8 Å². The minimum absolute atomic E-state index is 0.215. The van der Waals surface area contributed by atoms with E-state index in [9.17, 15) is 5.11 Å². The number of aromatic hydroxyl groups is 1. The zero-order valence-corrected chi connectivity index (χ0v) is 18.9. The number of nitrogens with one attached hydrogen (secondary N) is 1. The molecule has 3 aromatic rings. The molecule has 9 nitrogen and oxygen atoms in total. The summed E-state index contributed by atoms with van der Waals surface area (Å²) in [6.45, 7) is 5.90. The summed E-state index contributed by atoms with van der Waals surface area (Å²) in [5.74, 6) is 1.82. The SMILES string of the molecule is CNc1nnc(-c2ccccc2O)cc1N1CCN(C2CCN(c3ncccn3)CC2)CC1. The number of anilines is 3. The van der Waals surface area contributed by atoms with Crippen molar-refractivity contribution < 1.29 is 5.11 Å². The zero-order valence-electron chi connectivity index (χ0n) is 18.9. The van der Waals surface area contributed by atoms with Gasteiger partial charge in [-0.05, 0) is 37.1 Å². The van der Waals surface area contributed by atoms with Crippen molar-refractivity contribution in [3.8, 4) is 17.0 Å². The molecule has 0 radical (unpaired) electrons. The number of rotatable bonds is 5. The summed E-state index contributed by atoms with van der Waals surface area (Å²) in [5.41, 5.74) is 2.41. The van der Waals surface area contributed by atoms with Crippen LogP contribution in [0, 0.1) is 0 Å². The summed E-state index contributed by atoms with van der Waals surface area (Å²) >= 11 is 0. The molecule has 1 aromatic carbocycles. The predicted molar refractivity (Wildman–Crippen MR) is 130 cm³/mol. The van der Waals surface area contributed by atoms with Crippen LogP contribution in [0.1, 0.15) is 12.8 Å². The Labute approximate surface area is 194 Å². The molecule has 0 atom stereocenters. The van der Waals surface area contributed by atoms with Crippen LogP contribution in [0.5, 0.6) is 5.75 Å². The van der Waals surface area contributed by atoms with Gasteiger partial charge in [0.1, 0.15) is 5.75 Å². The molecule has 0 aliphatic carbocycles. The van der Waals surface area contributed by atoms with Gasteiger partial charge >= 0.3 is 0 Å². The summed E-state index contributed by atoms with van der Waals surface area (Å²) in [4.78, 5) is 16.1. The molecule has 0 saturated carbocycles. The number of para-hydroxylation sites is 1. The van der Waals surface area contributed by atoms with Crippen molar-refractivity contribution in [2.24, 2.45) is 0 Å². The van der Waals surface area contributed by atoms with Gasteiger partial charge in [-0.15, -0.1) is 10.2 Å². The molecule has 2 aliphatic heterocycles. The number of piperidine rings is 1. The van der Waals surface area contributed by atoms with Gasteiger partial charge in [0.05, 0.1) is 11.4 Å². The van der Waals surface area contributed by atoms with E-state index in [2.05, 4.69) is 40.2 Å². The second-order valence-electron chi connectivity index (χ2n) is 8.52. The fourth-order valence-corrected chi connectivity index (χ4v) is 4.84. The maximum atomic E-state index is 10.2. The van der Waals surface area contributed by atoms with Crippen LogP contribution in [0.2, 0.25) is 0 Å². The van der Waals surface area contributed by atoms with Crippen molar-refractivity contribution in [1.29, 1.82) is 0 Å². The third-order valence-electron chi connectivity index (χ3n) is 6.66. The fraction of sp³-hybridized carbons (Fsp3) is 0.417. The zero-order chi connectivity index (χ0) is 22.6. The van der Waals surface area contributed by atoms with Crippen molar-refractivity contribution in [3.63, 3.8) is 0 Å². The Balaban J connectivity index is 1.23. The number of aromatic nitrogens is 4. The van der Waals surface area contributed by atoms with Crippen molar-refractivity contribution >= 4 is 17.5 Å². The molecule has 2 N–H and O–H groups in total. The summed E-state index contributed by atoms with van der Waals surface area (Å²) in [6, 6.07) is 11.7. The lowest BCUT2D eigenvalue weighted by Gasteiger charge is -2.43. The van der Waals surface area contributed by atoms with Crippen LogP contribution >= 0.6 is 0 Å². The first-order chi connectivity index (χ1) is 16.2. The van der Waals surface area contributed by atoms with E-state index in [1.54, 1.807) is 6.07 Å². The number of phenolic OH excluding ortho intramolecular Hbond substituents is 1. The highest BCUT2D eigenvalue weighted by molar-refractivity contribution is 5.75. The molecule has 5 rings (SSSR count). The molecule has 0 bridgehead atoms. The number of nitrogens with zero attached hydrogens (tertiary/aromatic N) is 7. The third kappa shape index (κ3) is 4.54. The maximum absolute atomic E-state index is 10.2. The summed E-state index contributed by atoms with van der Waals surface area (Å²) in [6.07, 6.45) is 5.89. The van der Waals surface area contributed by atoms with E-state index in [4.69, 9.17) is 0 Å². The fourth-order valence-electron chi connectivity index (χ4n) is 4.84. The highest BCUT2D eigenvalue weighted by Crippen LogP contribution is 2.33. The minimum Gasteiger partial charge on any atom is -0.507 e. The molecule has 9 heteroatoms. The molecule has 2 aliphatic rings. The van der Waals surface area contributed by atoms with Crippen LogP contribution in [0.4, 0.5) is 17.5 Å². The van der Waals surface area contributed by atoms with Gasteiger partial charge in [-0.3, -0.25) is 4.90 Å². The average Bonchev–Trinajstić information content (AvgIpc) is 2.89. The molecule has 4 heterocycles. The quantitative estimate of drug-likeness (QED) is 0.613. The van der Waals surface area contributed by atoms with Gasteiger partial charge in [0.15, 0.2) is 5.82 Å². The number of benzene rings is 1. The van der Waals surface area contributed by atoms with E-state index >= 15 is 0 Å². The van der Waals surface area contributed by atoms with Crippen molar-refractivity contribution in [2.45, 2.75) is 18.9 Å². The van der Waals surface area contributed by atoms with Gasteiger partial charge < -0.3 is 20.2 Å². The lowest BCUT2D eigenvalue weighted by atomic mass is 10.0. The summed E-state index contributed by atoms with van der Waals surface area (Å²) in [7, 11) is 1.87. The number of phenols is 1. The van der Waals surface area contributed by atoms with E-state index in [-0.39, 0.29) is 5.75 Å². The minimum atomic E-state index is 0.215. The van der Waals surface area contributed by atoms with E-state index in [1.165, 1.54) is 0 Å². The van der Waals surface area contributed by atoms with Gasteiger partial charge in [-0.1, -0.05) is 12.1 Å². The smallest absolute Gasteiger partial charge is 0.225 e. The number of hydrogen-bond acceptors (Lipinski definition) is 9. The Morgan fingerprint density at radius 2 is 1.61 bits per heavy atom. The molecule has 0 spiro atoms. The Bertz CT molecular complexity index is 1060. The van der Waals surface area contributed by atoms with Crippen LogP contribution in [-0.4, -0.2) is 82.5 Å². The Hall–Kier alpha value is -3.46. The van der Waals surface area contributed by atoms with Crippen LogP contribution in [-0.2, 0) is 0 Å². The molecule has 172 valence electrons. The predicted octanol–water partition coefficient (Wildman–Crippen LogP) is 2.47. The van der Waals surface area contributed by atoms with Crippen LogP contribution in [0.25, 0.3) is 11.3 Å². The standard InChI is InChI=1S/C24H30N8O/c1-25-23-21(17-20(28-29-23)19-5-2-3-6-22(19)33)31-15-13-30(14-16-31)18-7-11-32(12-8-18)24-26-9-4-10-27-24/h2-6,9-10,17-18,33H,7-8,11-16H2,1H3,(H,25,29). The van der Waals surface area contributed by atoms with Gasteiger partial charge in [0, 0.05) is 70.3 Å². The highest BCUT2D eigenvalue weighted by atomic mass is 16.3. The largest absolute Gasteiger partial charge is 0.507 e. The monoisotopic (exact) mass is 446 g/mol. The van der Waals surface area contributed by atoms with Gasteiger partial charge in [-0.2, -0.15) is 0 Å². The normalized spacial score (nSPS) is 17.8. The van der Waals surface area contributed by atoms with Crippen LogP contribution < -0.4 is 15.1 Å². The Morgan fingerprint density at radius 1 is 0.879 bits per heavy atom. The highest BCUT2D eigenvalue weighted by Gasteiger charge is 2.29. The van der Waals surface area contributed by atoms with Crippen LogP contribution in [0.15, 0.2) is 48.8 Å². The topological polar surface area (TPSA) is 93.5 Å². The summed E-state index contributed by atoms with van der Waals surface area (Å²) in [5, 5.41) is 22.1. The van der Waals surface area contributed by atoms with Crippen LogP contribution in [0.3, 0.4) is 0 Å². The first-order valence-corrected chi connectivity index (χ1v) is 11.6. The lowest BCUT2D eigenvalue weighted by Crippen LogP contribution is -2.53. The van der Waals surface area contributed by atoms with Crippen molar-refractivity contribution in [2.75, 3.05) is 61.4 Å². The lowest BCUT2D eigenvalue weighted by molar-refractivity contribution is 0.159. The molecule has 2 fully saturated rings. The van der Waals surface area contributed by atoms with E-state index in [0.717, 1.165) is 69.6 Å². The Kier molecular flexibility index (Phi) is 6.21. The molecule has 33 heavy (non-hydrogen) atoms. The molecule has 2 saturated heterocycles. The van der Waals surface area contributed by atoms with Gasteiger partial charge in [-0.25, -0.2) is 9.97 Å². The van der Waals surface area contributed by atoms with Gasteiger partial charge in [0.2, 0.25) is 5.95 Å². The number of piperazine rings is 1. The van der Waals surface area contributed by atoms with Crippen molar-refractivity contribution in [1.82, 2.24) is 25.1 Å². The second kappa shape index (κ2) is 9.58. The molecule has 0 amide bonds. The molecular formula is C24H30N8O. The number of hydrogen-bond donors (Lipinski definition) is 2. The van der Waals surface area contributed by atoms with E-state index < -0.39 is 0 Å². The van der Waals surface area contributed by atoms with Crippen molar-refractivity contribution in [3.05, 3.63) is 48.8 Å². The maximum Gasteiger partial charge on any atom is 0.225 e. The van der Waals surface area contributed by atoms with E-state index in [0.29, 0.717) is 17.3 Å². The first kappa shape index (κ1) is 21.4. The molecular weight excluding hydrogens is 416 g/mol. The average molecular weight is 447 g/mol.